The van der Waals surface area contributed by atoms with E-state index in [2.05, 4.69) is 32.4 Å². The van der Waals surface area contributed by atoms with Gasteiger partial charge in [0.2, 0.25) is 11.0 Å². The van der Waals surface area contributed by atoms with Gasteiger partial charge in [0.1, 0.15) is 6.61 Å². The lowest BCUT2D eigenvalue weighted by Gasteiger charge is -2.11. The van der Waals surface area contributed by atoms with Crippen LogP contribution in [0.2, 0.25) is 0 Å². The normalized spacial score (nSPS) is 12.1. The summed E-state index contributed by atoms with van der Waals surface area (Å²) in [6.07, 6.45) is 3.33. The molecule has 6 nitrogen and oxygen atoms in total. The number of thiol groups is 1. The van der Waals surface area contributed by atoms with Crippen LogP contribution in [0.1, 0.15) is 32.6 Å². The Balaban J connectivity index is 3.39. The number of nitrogens with one attached hydrogen (secondary N) is 2. The third-order valence-corrected chi connectivity index (χ3v) is 3.41. The van der Waals surface area contributed by atoms with Crippen molar-refractivity contribution < 1.29 is 19.1 Å². The first kappa shape index (κ1) is 20.8. The molecule has 0 bridgehead atoms. The predicted octanol–water partition coefficient (Wildman–Crippen LogP) is 0.921. The molecule has 0 aliphatic rings. The van der Waals surface area contributed by atoms with E-state index in [1.54, 1.807) is 0 Å². The van der Waals surface area contributed by atoms with Crippen LogP contribution in [-0.2, 0) is 19.1 Å². The average Bonchev–Trinajstić information content (AvgIpc) is 2.46. The molecule has 0 aromatic rings. The molecule has 2 atom stereocenters. The van der Waals surface area contributed by atoms with Crippen LogP contribution < -0.4 is 10.4 Å². The van der Waals surface area contributed by atoms with Gasteiger partial charge in [0, 0.05) is 13.2 Å². The van der Waals surface area contributed by atoms with Crippen molar-refractivity contribution in [1.29, 1.82) is 0 Å². The fourth-order valence-electron chi connectivity index (χ4n) is 1.56. The Morgan fingerprint density at radius 3 is 2.52 bits per heavy atom. The second-order valence-corrected chi connectivity index (χ2v) is 5.34. The fourth-order valence-corrected chi connectivity index (χ4v) is 2.22. The second kappa shape index (κ2) is 14.7. The van der Waals surface area contributed by atoms with Crippen molar-refractivity contribution in [2.45, 2.75) is 38.6 Å². The Kier molecular flexibility index (Phi) is 14.6. The maximum atomic E-state index is 11.4. The van der Waals surface area contributed by atoms with Crippen molar-refractivity contribution in [2.24, 2.45) is 0 Å². The van der Waals surface area contributed by atoms with Gasteiger partial charge in [-0.2, -0.15) is 0 Å². The summed E-state index contributed by atoms with van der Waals surface area (Å²) in [7, 11) is 2.32. The molecule has 0 aliphatic carbocycles. The topological polar surface area (TPSA) is 76.7 Å². The van der Waals surface area contributed by atoms with E-state index in [-0.39, 0.29) is 23.7 Å². The highest BCUT2D eigenvalue weighted by Gasteiger charge is 2.11. The highest BCUT2D eigenvalue weighted by Crippen LogP contribution is 2.05. The molecule has 1 amide bonds. The molecule has 0 heterocycles. The van der Waals surface area contributed by atoms with E-state index in [4.69, 9.17) is 9.47 Å². The van der Waals surface area contributed by atoms with Crippen molar-refractivity contribution in [1.82, 2.24) is 10.4 Å². The van der Waals surface area contributed by atoms with E-state index in [1.165, 1.54) is 0 Å². The molecule has 0 saturated carbocycles. The Bertz CT molecular complexity index is 295. The highest BCUT2D eigenvalue weighted by atomic mass is 32.1. The van der Waals surface area contributed by atoms with E-state index in [0.29, 0.717) is 26.2 Å². The number of carbonyl (C=O) groups excluding carboxylic acids is 2. The molecule has 0 rings (SSSR count). The molecule has 21 heavy (non-hydrogen) atoms. The highest BCUT2D eigenvalue weighted by molar-refractivity contribution is 7.96. The van der Waals surface area contributed by atoms with Gasteiger partial charge < -0.3 is 14.8 Å². The van der Waals surface area contributed by atoms with Gasteiger partial charge in [-0.1, -0.05) is 16.3 Å². The van der Waals surface area contributed by atoms with Crippen LogP contribution in [0.3, 0.4) is 0 Å². The molecular formula is C13H27N2O4PS. The molecule has 0 aromatic carbocycles. The van der Waals surface area contributed by atoms with Gasteiger partial charge in [-0.05, 0) is 25.7 Å². The minimum Gasteiger partial charge on any atom is -0.379 e. The summed E-state index contributed by atoms with van der Waals surface area (Å²) in [5, 5.41) is 5.42. The van der Waals surface area contributed by atoms with Crippen LogP contribution >= 0.6 is 22.0 Å². The Morgan fingerprint density at radius 1 is 1.19 bits per heavy atom. The van der Waals surface area contributed by atoms with E-state index in [1.807, 2.05) is 6.92 Å². The van der Waals surface area contributed by atoms with Crippen molar-refractivity contribution in [3.8, 4) is 0 Å². The molecular weight excluding hydrogens is 311 g/mol. The standard InChI is InChI=1S/C13H27N2O4PS/c1-2-7-18-8-9-19-10-12(16)14-6-4-3-5-11(15-20)13(17)21/h11,15H,2-10,20H2,1H3,(H,14,16)(H,17,21)/t11-/m0/s1. The lowest BCUT2D eigenvalue weighted by molar-refractivity contribution is -0.126. The van der Waals surface area contributed by atoms with Gasteiger partial charge in [-0.15, -0.1) is 12.6 Å². The molecule has 1 unspecified atom stereocenters. The Labute approximate surface area is 134 Å². The van der Waals surface area contributed by atoms with Crippen molar-refractivity contribution in [2.75, 3.05) is 33.0 Å². The molecule has 2 N–H and O–H groups in total. The predicted molar refractivity (Wildman–Crippen MR) is 89.4 cm³/mol. The quantitative estimate of drug-likeness (QED) is 0.249. The maximum Gasteiger partial charge on any atom is 0.245 e. The van der Waals surface area contributed by atoms with Crippen LogP contribution in [0.5, 0.6) is 0 Å². The first-order chi connectivity index (χ1) is 10.1. The van der Waals surface area contributed by atoms with Gasteiger partial charge in [0.05, 0.1) is 19.3 Å². The summed E-state index contributed by atoms with van der Waals surface area (Å²) in [6, 6.07) is -0.250. The van der Waals surface area contributed by atoms with E-state index >= 15 is 0 Å². The van der Waals surface area contributed by atoms with E-state index < -0.39 is 0 Å². The van der Waals surface area contributed by atoms with Crippen LogP contribution in [0.25, 0.3) is 0 Å². The number of amides is 1. The zero-order chi connectivity index (χ0) is 15.9. The second-order valence-electron chi connectivity index (χ2n) is 4.57. The zero-order valence-electron chi connectivity index (χ0n) is 12.6. The summed E-state index contributed by atoms with van der Waals surface area (Å²) in [6.45, 7) is 4.34. The molecule has 0 fully saturated rings. The van der Waals surface area contributed by atoms with E-state index in [9.17, 15) is 9.59 Å². The SMILES string of the molecule is CCCOCCOCC(=O)NCCCC[C@H](NP)C(=O)S. The molecule has 0 spiro atoms. The maximum absolute atomic E-state index is 11.4. The zero-order valence-corrected chi connectivity index (χ0v) is 14.6. The number of unbranched alkanes of at least 4 members (excludes halogenated alkanes) is 1. The first-order valence-corrected chi connectivity index (χ1v) is 8.25. The Morgan fingerprint density at radius 2 is 1.90 bits per heavy atom. The van der Waals surface area contributed by atoms with Crippen LogP contribution in [0, 0.1) is 0 Å². The minimum atomic E-state index is -0.250. The van der Waals surface area contributed by atoms with Crippen LogP contribution in [0.4, 0.5) is 0 Å². The first-order valence-electron chi connectivity index (χ1n) is 7.23. The summed E-state index contributed by atoms with van der Waals surface area (Å²) in [5.41, 5.74) is 0. The van der Waals surface area contributed by atoms with Crippen molar-refractivity contribution >= 4 is 33.0 Å². The van der Waals surface area contributed by atoms with Crippen molar-refractivity contribution in [3.63, 3.8) is 0 Å². The average molecular weight is 338 g/mol. The molecule has 124 valence electrons. The van der Waals surface area contributed by atoms with Gasteiger partial charge >= 0.3 is 0 Å². The minimum absolute atomic E-state index is 0.0559. The largest absolute Gasteiger partial charge is 0.379 e. The fraction of sp³-hybridized carbons (Fsp3) is 0.846. The van der Waals surface area contributed by atoms with Crippen LogP contribution in [0.15, 0.2) is 0 Å². The molecule has 0 aromatic heterocycles. The summed E-state index contributed by atoms with van der Waals surface area (Å²) in [4.78, 5) is 22.5. The number of carbonyl (C=O) groups is 2. The number of hydrogen-bond acceptors (Lipinski definition) is 5. The monoisotopic (exact) mass is 338 g/mol. The van der Waals surface area contributed by atoms with E-state index in [0.717, 1.165) is 25.9 Å². The molecule has 8 heteroatoms. The summed E-state index contributed by atoms with van der Waals surface area (Å²) < 4.78 is 10.4. The summed E-state index contributed by atoms with van der Waals surface area (Å²) >= 11 is 3.79. The molecule has 0 saturated heterocycles. The Hall–Kier alpha value is -0.200. The number of rotatable bonds is 14. The van der Waals surface area contributed by atoms with Crippen molar-refractivity contribution in [3.05, 3.63) is 0 Å². The summed E-state index contributed by atoms with van der Waals surface area (Å²) in [5.74, 6) is -0.128. The number of ether oxygens (including phenoxy) is 2. The van der Waals surface area contributed by atoms with Gasteiger partial charge in [0.25, 0.3) is 0 Å². The lowest BCUT2D eigenvalue weighted by atomic mass is 10.1. The van der Waals surface area contributed by atoms with Gasteiger partial charge in [-0.3, -0.25) is 14.7 Å². The van der Waals surface area contributed by atoms with Crippen LogP contribution in [-0.4, -0.2) is 50.0 Å². The number of hydrogen-bond donors (Lipinski definition) is 3. The van der Waals surface area contributed by atoms with Gasteiger partial charge in [0.15, 0.2) is 0 Å². The molecule has 0 aliphatic heterocycles. The smallest absolute Gasteiger partial charge is 0.245 e. The lowest BCUT2D eigenvalue weighted by Crippen LogP contribution is -2.30. The molecule has 0 radical (unpaired) electrons. The third kappa shape index (κ3) is 13.2. The third-order valence-electron chi connectivity index (χ3n) is 2.69. The van der Waals surface area contributed by atoms with Gasteiger partial charge in [-0.25, -0.2) is 0 Å².